The Morgan fingerprint density at radius 2 is 1.33 bits per heavy atom. The molecule has 0 fully saturated rings. The molecular weight excluding hydrogens is 459 g/mol. The minimum atomic E-state index is -4.27. The first-order valence-corrected chi connectivity index (χ1v) is 14.4. The zero-order chi connectivity index (χ0) is 17.8. The van der Waals surface area contributed by atoms with Crippen LogP contribution in [-0.4, -0.2) is 38.0 Å². The van der Waals surface area contributed by atoms with Gasteiger partial charge < -0.3 is 0 Å². The maximum atomic E-state index is 12.7. The molecule has 0 bridgehead atoms. The molecule has 0 atom stereocenters. The fourth-order valence-electron chi connectivity index (χ4n) is 1.87. The maximum absolute atomic E-state index is 12.7. The normalized spacial score (nSPS) is 13.2. The molecule has 0 saturated carbocycles. The van der Waals surface area contributed by atoms with Crippen LogP contribution in [0.1, 0.15) is 5.56 Å². The van der Waals surface area contributed by atoms with E-state index in [4.69, 9.17) is 0 Å². The van der Waals surface area contributed by atoms with Crippen LogP contribution in [-0.2, 0) is 6.18 Å². The van der Waals surface area contributed by atoms with E-state index in [2.05, 4.69) is 37.5 Å². The van der Waals surface area contributed by atoms with Crippen molar-refractivity contribution in [2.75, 3.05) is 0 Å². The van der Waals surface area contributed by atoms with Gasteiger partial charge in [0.05, 0.1) is 0 Å². The first-order chi connectivity index (χ1) is 11.1. The second-order valence-electron chi connectivity index (χ2n) is 6.37. The van der Waals surface area contributed by atoms with Crippen LogP contribution in [0.15, 0.2) is 63.7 Å². The Hall–Kier alpha value is -0.774. The third-order valence-corrected chi connectivity index (χ3v) is 10.3. The van der Waals surface area contributed by atoms with E-state index in [1.165, 1.54) is 20.0 Å². The number of benzene rings is 2. The molecule has 0 spiro atoms. The van der Waals surface area contributed by atoms with Gasteiger partial charge in [0, 0.05) is 0 Å². The number of rotatable bonds is 5. The molecule has 0 aliphatic carbocycles. The van der Waals surface area contributed by atoms with E-state index >= 15 is 0 Å². The van der Waals surface area contributed by atoms with Crippen molar-refractivity contribution in [1.29, 1.82) is 0 Å². The molecule has 0 aromatic heterocycles. The second kappa shape index (κ2) is 8.07. The molecule has 0 radical (unpaired) electrons. The summed E-state index contributed by atoms with van der Waals surface area (Å²) in [7, 11) is -1.38. The van der Waals surface area contributed by atoms with Crippen LogP contribution >= 0.6 is 0 Å². The number of halogens is 3. The molecule has 2 rings (SSSR count). The Bertz CT molecular complexity index is 687. The standard InChI is InChI=1S/C18H19F3Se2Si/c1-24(2,3)13-17(22-15-7-5-4-6-8-15)23-16-11-9-14(10-12-16)18(19,20)21/h4-13H,1-3H3/b17-13-. The van der Waals surface area contributed by atoms with E-state index in [9.17, 15) is 13.2 Å². The van der Waals surface area contributed by atoms with Crippen LogP contribution < -0.4 is 8.92 Å². The Morgan fingerprint density at radius 3 is 1.79 bits per heavy atom. The average molecular weight is 478 g/mol. The van der Waals surface area contributed by atoms with Crippen LogP contribution in [0.4, 0.5) is 13.2 Å². The van der Waals surface area contributed by atoms with Crippen LogP contribution in [0, 0.1) is 0 Å². The third-order valence-electron chi connectivity index (χ3n) is 2.91. The summed E-state index contributed by atoms with van der Waals surface area (Å²) in [6.07, 6.45) is -4.27. The Morgan fingerprint density at radius 1 is 0.833 bits per heavy atom. The van der Waals surface area contributed by atoms with Gasteiger partial charge in [0.25, 0.3) is 0 Å². The van der Waals surface area contributed by atoms with E-state index in [1.807, 2.05) is 18.2 Å². The van der Waals surface area contributed by atoms with E-state index in [1.54, 1.807) is 12.1 Å². The SMILES string of the molecule is C[Si](C)(C)/C=C(/[Se]c1ccccc1)[Se]c1ccc(C(F)(F)F)cc1. The van der Waals surface area contributed by atoms with Crippen LogP contribution in [0.2, 0.25) is 19.6 Å². The summed E-state index contributed by atoms with van der Waals surface area (Å²) in [6.45, 7) is 6.87. The molecule has 0 amide bonds. The van der Waals surface area contributed by atoms with Crippen molar-refractivity contribution < 1.29 is 13.2 Å². The molecule has 2 aromatic rings. The predicted octanol–water partition coefficient (Wildman–Crippen LogP) is 3.78. The van der Waals surface area contributed by atoms with Gasteiger partial charge in [0.2, 0.25) is 0 Å². The van der Waals surface area contributed by atoms with Crippen LogP contribution in [0.5, 0.6) is 0 Å². The third kappa shape index (κ3) is 6.62. The molecule has 2 aromatic carbocycles. The monoisotopic (exact) mass is 480 g/mol. The molecule has 24 heavy (non-hydrogen) atoms. The van der Waals surface area contributed by atoms with E-state index in [0.717, 1.165) is 4.46 Å². The van der Waals surface area contributed by atoms with Crippen LogP contribution in [0.25, 0.3) is 0 Å². The summed E-state index contributed by atoms with van der Waals surface area (Å²) in [5, 5.41) is 0. The van der Waals surface area contributed by atoms with Gasteiger partial charge in [0.1, 0.15) is 0 Å². The molecule has 6 heteroatoms. The van der Waals surface area contributed by atoms with Gasteiger partial charge in [-0.05, 0) is 0 Å². The summed E-state index contributed by atoms with van der Waals surface area (Å²) < 4.78 is 41.8. The van der Waals surface area contributed by atoms with Crippen molar-refractivity contribution in [3.63, 3.8) is 0 Å². The Kier molecular flexibility index (Phi) is 6.57. The van der Waals surface area contributed by atoms with Gasteiger partial charge >= 0.3 is 155 Å². The van der Waals surface area contributed by atoms with Gasteiger partial charge in [-0.2, -0.15) is 0 Å². The summed E-state index contributed by atoms with van der Waals surface area (Å²) >= 11 is 0.296. The molecule has 0 aliphatic rings. The molecule has 0 aliphatic heterocycles. The minimum absolute atomic E-state index is 0.0697. The van der Waals surface area contributed by atoms with Crippen LogP contribution in [0.3, 0.4) is 0 Å². The van der Waals surface area contributed by atoms with Crippen molar-refractivity contribution in [3.05, 3.63) is 69.2 Å². The van der Waals surface area contributed by atoms with Gasteiger partial charge in [-0.1, -0.05) is 0 Å². The van der Waals surface area contributed by atoms with Gasteiger partial charge in [-0.15, -0.1) is 0 Å². The summed E-state index contributed by atoms with van der Waals surface area (Å²) in [4.78, 5) is 0. The number of hydrogen-bond acceptors (Lipinski definition) is 0. The van der Waals surface area contributed by atoms with Gasteiger partial charge in [-0.25, -0.2) is 0 Å². The molecule has 128 valence electrons. The zero-order valence-corrected chi connectivity index (χ0v) is 18.2. The van der Waals surface area contributed by atoms with Gasteiger partial charge in [-0.3, -0.25) is 0 Å². The Balaban J connectivity index is 2.21. The molecule has 0 nitrogen and oxygen atoms in total. The number of hydrogen-bond donors (Lipinski definition) is 0. The quantitative estimate of drug-likeness (QED) is 0.574. The predicted molar refractivity (Wildman–Crippen MR) is 100 cm³/mol. The first kappa shape index (κ1) is 19.5. The summed E-state index contributed by atoms with van der Waals surface area (Å²) in [5.41, 5.74) is 1.84. The summed E-state index contributed by atoms with van der Waals surface area (Å²) in [5.74, 6) is 0. The van der Waals surface area contributed by atoms with E-state index < -0.39 is 19.8 Å². The fourth-order valence-corrected chi connectivity index (χ4v) is 12.7. The first-order valence-electron chi connectivity index (χ1n) is 7.44. The molecule has 0 N–H and O–H groups in total. The van der Waals surface area contributed by atoms with Gasteiger partial charge in [0.15, 0.2) is 0 Å². The van der Waals surface area contributed by atoms with Crippen molar-refractivity contribution in [1.82, 2.24) is 0 Å². The van der Waals surface area contributed by atoms with Crippen molar-refractivity contribution in [2.45, 2.75) is 25.8 Å². The van der Waals surface area contributed by atoms with Crippen molar-refractivity contribution in [3.8, 4) is 0 Å². The van der Waals surface area contributed by atoms with Crippen molar-refractivity contribution in [2.24, 2.45) is 0 Å². The topological polar surface area (TPSA) is 0 Å². The fraction of sp³-hybridized carbons (Fsp3) is 0.222. The zero-order valence-electron chi connectivity index (χ0n) is 13.7. The average Bonchev–Trinajstić information content (AvgIpc) is 2.46. The summed E-state index contributed by atoms with van der Waals surface area (Å²) in [6, 6.07) is 16.0. The number of alkyl halides is 3. The van der Waals surface area contributed by atoms with E-state index in [-0.39, 0.29) is 29.9 Å². The molecule has 0 heterocycles. The molecule has 0 unspecified atom stereocenters. The van der Waals surface area contributed by atoms with E-state index in [0.29, 0.717) is 0 Å². The molecule has 0 saturated heterocycles. The Labute approximate surface area is 154 Å². The van der Waals surface area contributed by atoms with Crippen molar-refractivity contribution >= 4 is 46.9 Å². The molecular formula is C18H19F3Se2Si. The second-order valence-corrected chi connectivity index (χ2v) is 17.4.